The van der Waals surface area contributed by atoms with Gasteiger partial charge in [0.1, 0.15) is 0 Å². The van der Waals surface area contributed by atoms with Crippen molar-refractivity contribution in [3.8, 4) is 0 Å². The van der Waals surface area contributed by atoms with Crippen LogP contribution in [0.4, 0.5) is 5.69 Å². The minimum absolute atomic E-state index is 0.00575. The Morgan fingerprint density at radius 1 is 1.32 bits per heavy atom. The Kier molecular flexibility index (Phi) is 5.29. The summed E-state index contributed by atoms with van der Waals surface area (Å²) in [6, 6.07) is 6.07. The molecule has 0 unspecified atom stereocenters. The Labute approximate surface area is 140 Å². The molecule has 0 atom stereocenters. The summed E-state index contributed by atoms with van der Waals surface area (Å²) in [5.41, 5.74) is 4.24. The summed E-state index contributed by atoms with van der Waals surface area (Å²) in [5.74, 6) is 0.385. The van der Waals surface area contributed by atoms with E-state index in [0.29, 0.717) is 5.75 Å². The van der Waals surface area contributed by atoms with Crippen molar-refractivity contribution in [1.29, 1.82) is 0 Å². The molecule has 0 aliphatic carbocycles. The lowest BCUT2D eigenvalue weighted by molar-refractivity contribution is -0.113. The molecule has 0 aliphatic rings. The highest BCUT2D eigenvalue weighted by atomic mass is 32.2. The Hall–Kier alpha value is -1.33. The van der Waals surface area contributed by atoms with Gasteiger partial charge < -0.3 is 5.32 Å². The number of benzene rings is 1. The number of amides is 1. The fraction of sp³-hybridized carbons (Fsp3) is 0.412. The number of thiazole rings is 1. The van der Waals surface area contributed by atoms with Crippen molar-refractivity contribution in [3.63, 3.8) is 0 Å². The molecule has 0 aliphatic heterocycles. The van der Waals surface area contributed by atoms with Crippen LogP contribution < -0.4 is 5.32 Å². The molecule has 2 rings (SSSR count). The molecule has 0 fully saturated rings. The van der Waals surface area contributed by atoms with Crippen molar-refractivity contribution in [2.45, 2.75) is 44.4 Å². The van der Waals surface area contributed by atoms with Gasteiger partial charge in [-0.25, -0.2) is 4.98 Å². The fourth-order valence-electron chi connectivity index (χ4n) is 1.85. The maximum Gasteiger partial charge on any atom is 0.234 e. The molecule has 1 aromatic heterocycles. The Balaban J connectivity index is 1.93. The summed E-state index contributed by atoms with van der Waals surface area (Å²) in [4.78, 5) is 16.7. The van der Waals surface area contributed by atoms with Crippen LogP contribution in [0.1, 0.15) is 37.6 Å². The van der Waals surface area contributed by atoms with Crippen molar-refractivity contribution >= 4 is 34.7 Å². The summed E-state index contributed by atoms with van der Waals surface area (Å²) in [6.45, 7) is 10.4. The van der Waals surface area contributed by atoms with Gasteiger partial charge in [0.05, 0.1) is 11.4 Å². The molecule has 0 radical (unpaired) electrons. The zero-order valence-corrected chi connectivity index (χ0v) is 15.3. The zero-order chi connectivity index (χ0) is 16.3. The van der Waals surface area contributed by atoms with Crippen LogP contribution in [-0.2, 0) is 10.2 Å². The summed E-state index contributed by atoms with van der Waals surface area (Å²) in [6.07, 6.45) is 0. The molecular formula is C17H22N2OS2. The summed E-state index contributed by atoms with van der Waals surface area (Å²) < 4.78 is 0.945. The molecule has 1 amide bonds. The first kappa shape index (κ1) is 17.0. The van der Waals surface area contributed by atoms with Crippen molar-refractivity contribution in [2.75, 3.05) is 11.1 Å². The fourth-order valence-corrected chi connectivity index (χ4v) is 3.70. The number of anilines is 1. The third kappa shape index (κ3) is 4.58. The number of nitrogens with zero attached hydrogens (tertiary/aromatic N) is 1. The van der Waals surface area contributed by atoms with Crippen LogP contribution in [0.3, 0.4) is 0 Å². The average molecular weight is 335 g/mol. The van der Waals surface area contributed by atoms with Gasteiger partial charge in [0.25, 0.3) is 0 Å². The summed E-state index contributed by atoms with van der Waals surface area (Å²) in [7, 11) is 0. The summed E-state index contributed by atoms with van der Waals surface area (Å²) >= 11 is 3.09. The van der Waals surface area contributed by atoms with Gasteiger partial charge in [0.15, 0.2) is 4.34 Å². The van der Waals surface area contributed by atoms with Crippen LogP contribution in [0.5, 0.6) is 0 Å². The van der Waals surface area contributed by atoms with E-state index in [4.69, 9.17) is 0 Å². The second-order valence-corrected chi connectivity index (χ2v) is 8.48. The van der Waals surface area contributed by atoms with Crippen molar-refractivity contribution in [1.82, 2.24) is 4.98 Å². The first-order valence-corrected chi connectivity index (χ1v) is 9.08. The van der Waals surface area contributed by atoms with Gasteiger partial charge in [-0.1, -0.05) is 44.7 Å². The maximum absolute atomic E-state index is 12.1. The second-order valence-electron chi connectivity index (χ2n) is 6.40. The number of aryl methyl sites for hydroxylation is 2. The monoisotopic (exact) mass is 334 g/mol. The molecule has 1 heterocycles. The van der Waals surface area contributed by atoms with E-state index in [2.05, 4.69) is 36.5 Å². The predicted octanol–water partition coefficient (Wildman–Crippen LogP) is 4.79. The molecule has 22 heavy (non-hydrogen) atoms. The first-order chi connectivity index (χ1) is 10.3. The van der Waals surface area contributed by atoms with Crippen LogP contribution in [0.25, 0.3) is 0 Å². The highest BCUT2D eigenvalue weighted by molar-refractivity contribution is 8.01. The van der Waals surface area contributed by atoms with E-state index >= 15 is 0 Å². The predicted molar refractivity (Wildman–Crippen MR) is 96.1 cm³/mol. The van der Waals surface area contributed by atoms with E-state index in [1.165, 1.54) is 11.8 Å². The van der Waals surface area contributed by atoms with Crippen LogP contribution in [0, 0.1) is 13.8 Å². The molecule has 0 saturated heterocycles. The molecule has 0 spiro atoms. The van der Waals surface area contributed by atoms with Crippen LogP contribution in [-0.4, -0.2) is 16.6 Å². The number of carbonyl (C=O) groups is 1. The molecule has 0 saturated carbocycles. The average Bonchev–Trinajstić information content (AvgIpc) is 2.89. The van der Waals surface area contributed by atoms with Gasteiger partial charge in [0, 0.05) is 16.5 Å². The van der Waals surface area contributed by atoms with E-state index < -0.39 is 0 Å². The quantitative estimate of drug-likeness (QED) is 0.818. The number of rotatable bonds is 4. The van der Waals surface area contributed by atoms with Crippen LogP contribution >= 0.6 is 23.1 Å². The normalized spacial score (nSPS) is 11.5. The van der Waals surface area contributed by atoms with E-state index in [0.717, 1.165) is 26.8 Å². The Morgan fingerprint density at radius 3 is 2.68 bits per heavy atom. The SMILES string of the molecule is Cc1ccc(C)c(NC(=O)CSc2nc(C(C)(C)C)cs2)c1. The molecule has 1 N–H and O–H groups in total. The minimum Gasteiger partial charge on any atom is -0.325 e. The largest absolute Gasteiger partial charge is 0.325 e. The van der Waals surface area contributed by atoms with Crippen LogP contribution in [0.2, 0.25) is 0 Å². The van der Waals surface area contributed by atoms with Gasteiger partial charge in [-0.3, -0.25) is 4.79 Å². The molecule has 5 heteroatoms. The third-order valence-corrected chi connectivity index (χ3v) is 5.27. The number of hydrogen-bond acceptors (Lipinski definition) is 4. The highest BCUT2D eigenvalue weighted by Crippen LogP contribution is 2.29. The highest BCUT2D eigenvalue weighted by Gasteiger charge is 2.18. The van der Waals surface area contributed by atoms with Crippen LogP contribution in [0.15, 0.2) is 27.9 Å². The lowest BCUT2D eigenvalue weighted by Gasteiger charge is -2.14. The van der Waals surface area contributed by atoms with Crippen molar-refractivity contribution in [3.05, 3.63) is 40.4 Å². The number of aromatic nitrogens is 1. The van der Waals surface area contributed by atoms with Gasteiger partial charge in [-0.15, -0.1) is 11.3 Å². The Morgan fingerprint density at radius 2 is 2.05 bits per heavy atom. The maximum atomic E-state index is 12.1. The van der Waals surface area contributed by atoms with Gasteiger partial charge in [-0.05, 0) is 31.0 Å². The molecular weight excluding hydrogens is 312 g/mol. The number of thioether (sulfide) groups is 1. The van der Waals surface area contributed by atoms with Crippen molar-refractivity contribution < 1.29 is 4.79 Å². The molecule has 0 bridgehead atoms. The number of hydrogen-bond donors (Lipinski definition) is 1. The zero-order valence-electron chi connectivity index (χ0n) is 13.7. The van der Waals surface area contributed by atoms with E-state index in [1.807, 2.05) is 32.0 Å². The van der Waals surface area contributed by atoms with Gasteiger partial charge in [-0.2, -0.15) is 0 Å². The molecule has 118 valence electrons. The van der Waals surface area contributed by atoms with E-state index in [1.54, 1.807) is 11.3 Å². The van der Waals surface area contributed by atoms with E-state index in [-0.39, 0.29) is 11.3 Å². The smallest absolute Gasteiger partial charge is 0.234 e. The lowest BCUT2D eigenvalue weighted by atomic mass is 9.93. The van der Waals surface area contributed by atoms with E-state index in [9.17, 15) is 4.79 Å². The second kappa shape index (κ2) is 6.84. The lowest BCUT2D eigenvalue weighted by Crippen LogP contribution is -2.15. The minimum atomic E-state index is 0.00575. The number of carbonyl (C=O) groups excluding carboxylic acids is 1. The topological polar surface area (TPSA) is 42.0 Å². The molecule has 3 nitrogen and oxygen atoms in total. The third-order valence-electron chi connectivity index (χ3n) is 3.25. The van der Waals surface area contributed by atoms with Gasteiger partial charge in [0.2, 0.25) is 5.91 Å². The standard InChI is InChI=1S/C17H22N2OS2/c1-11-6-7-12(2)13(8-11)18-15(20)10-22-16-19-14(9-21-16)17(3,4)5/h6-9H,10H2,1-5H3,(H,18,20). The summed E-state index contributed by atoms with van der Waals surface area (Å²) in [5, 5.41) is 5.05. The number of nitrogens with one attached hydrogen (secondary N) is 1. The Bertz CT molecular complexity index is 672. The van der Waals surface area contributed by atoms with Gasteiger partial charge >= 0.3 is 0 Å². The first-order valence-electron chi connectivity index (χ1n) is 7.21. The molecule has 1 aromatic carbocycles. The molecule has 2 aromatic rings. The van der Waals surface area contributed by atoms with Crippen molar-refractivity contribution in [2.24, 2.45) is 0 Å².